The van der Waals surface area contributed by atoms with E-state index in [9.17, 15) is 36.9 Å². The van der Waals surface area contributed by atoms with Gasteiger partial charge >= 0.3 is 0 Å². The predicted molar refractivity (Wildman–Crippen MR) is 316 cm³/mol. The number of carbonyl (C=O) groups excluding carboxylic acids is 5. The van der Waals surface area contributed by atoms with Gasteiger partial charge in [-0.25, -0.2) is 0 Å². The molecule has 5 aromatic carbocycles. The van der Waals surface area contributed by atoms with Crippen LogP contribution in [-0.4, -0.2) is 122 Å². The number of benzene rings is 5. The molecule has 22 heteroatoms. The molecule has 5 aromatic rings. The van der Waals surface area contributed by atoms with Crippen molar-refractivity contribution in [3.63, 3.8) is 0 Å². The molecule has 2 unspecified atom stereocenters. The maximum atomic E-state index is 14.2. The van der Waals surface area contributed by atoms with E-state index in [1.807, 2.05) is 92.5 Å². The Morgan fingerprint density at radius 2 is 1.51 bits per heavy atom. The number of nitrogens with zero attached hydrogens (tertiary/aromatic N) is 4. The Balaban J connectivity index is 0.873. The monoisotopic (exact) mass is 1160 g/mol. The van der Waals surface area contributed by atoms with Gasteiger partial charge in [0.25, 0.3) is 27.8 Å². The van der Waals surface area contributed by atoms with E-state index in [0.29, 0.717) is 64.0 Å². The Labute approximate surface area is 479 Å². The van der Waals surface area contributed by atoms with Gasteiger partial charge in [0.05, 0.1) is 43.2 Å². The number of amides is 5. The Hall–Kier alpha value is -7.53. The molecular weight excluding hydrogens is 1090 g/mol. The highest BCUT2D eigenvalue weighted by atomic mass is 33.1. The first kappa shape index (κ1) is 58.1. The van der Waals surface area contributed by atoms with E-state index in [-0.39, 0.29) is 68.8 Å². The number of anilines is 4. The van der Waals surface area contributed by atoms with Crippen LogP contribution in [0, 0.1) is 6.92 Å². The van der Waals surface area contributed by atoms with Crippen LogP contribution in [0.4, 0.5) is 28.4 Å². The molecule has 19 nitrogen and oxygen atoms in total. The van der Waals surface area contributed by atoms with Crippen molar-refractivity contribution in [1.82, 2.24) is 10.2 Å². The number of aryl methyl sites for hydroxylation is 1. The number of rotatable bonds is 24. The summed E-state index contributed by atoms with van der Waals surface area (Å²) in [6.07, 6.45) is 6.08. The van der Waals surface area contributed by atoms with Crippen molar-refractivity contribution in [3.8, 4) is 23.0 Å². The second-order valence-corrected chi connectivity index (χ2v) is 25.5. The van der Waals surface area contributed by atoms with Crippen molar-refractivity contribution in [2.75, 3.05) is 67.1 Å². The van der Waals surface area contributed by atoms with E-state index in [2.05, 4.69) is 46.1 Å². The normalized spacial score (nSPS) is 16.8. The van der Waals surface area contributed by atoms with Gasteiger partial charge in [-0.2, -0.15) is 8.42 Å². The molecule has 0 fully saturated rings. The van der Waals surface area contributed by atoms with Crippen molar-refractivity contribution in [2.45, 2.75) is 88.2 Å². The summed E-state index contributed by atoms with van der Waals surface area (Å²) in [6.45, 7) is 6.18. The van der Waals surface area contributed by atoms with Crippen LogP contribution < -0.4 is 44.7 Å². The highest BCUT2D eigenvalue weighted by molar-refractivity contribution is 8.77. The van der Waals surface area contributed by atoms with Gasteiger partial charge in [0.1, 0.15) is 13.2 Å². The van der Waals surface area contributed by atoms with Crippen LogP contribution >= 0.6 is 21.6 Å². The lowest BCUT2D eigenvalue weighted by Gasteiger charge is -2.23. The smallest absolute Gasteiger partial charge is 0.276 e. The lowest BCUT2D eigenvalue weighted by Crippen LogP contribution is -2.44. The summed E-state index contributed by atoms with van der Waals surface area (Å²) >= 11 is 0. The summed E-state index contributed by atoms with van der Waals surface area (Å²) < 4.78 is 58.4. The van der Waals surface area contributed by atoms with E-state index < -0.39 is 37.8 Å². The number of ether oxygens (including phenoxy) is 4. The molecule has 81 heavy (non-hydrogen) atoms. The number of fused-ring (bicyclic) bond motifs is 5. The molecule has 4 aliphatic heterocycles. The lowest BCUT2D eigenvalue weighted by molar-refractivity contribution is -0.137. The first-order chi connectivity index (χ1) is 38.8. The lowest BCUT2D eigenvalue weighted by atomic mass is 10.1. The van der Waals surface area contributed by atoms with Gasteiger partial charge in [0, 0.05) is 91.2 Å². The van der Waals surface area contributed by atoms with Crippen molar-refractivity contribution in [1.29, 1.82) is 0 Å². The minimum atomic E-state index is -4.78. The number of nitrogens with one attached hydrogen (secondary N) is 3. The second-order valence-electron chi connectivity index (χ2n) is 20.7. The predicted octanol–water partition coefficient (Wildman–Crippen LogP) is 8.50. The average Bonchev–Trinajstić information content (AvgIpc) is 3.91. The standard InChI is InChI=1S/C59H65N7O12S3/c1-36-23-49(75-5)51(30-45(36)61-32-42-27-39-11-7-9-13-47(39)64(42)4)77-34-37-24-38(35-78-52-31-46-44(29-50(52)76-6)58(71)66-43(33-62-46)28-40-12-8-10-14-48(40)66)26-41(25-37)63-54(67)17-19-59(2,3)80-79-22-18-53(81(72,73)74)57(70)60-20-21-65-55(68)15-16-56(65)69/h7-16,23-26,29-32,42-43,53,62H,17-22,27-28,33-35H2,1-6H3,(H,60,70)(H,63,67)(H,72,73,74)/t42?,43-,53?/m0/s1. The van der Waals surface area contributed by atoms with Crippen molar-refractivity contribution in [2.24, 2.45) is 4.99 Å². The van der Waals surface area contributed by atoms with Crippen molar-refractivity contribution >= 4 is 95.9 Å². The first-order valence-electron chi connectivity index (χ1n) is 26.5. The molecule has 0 radical (unpaired) electrons. The first-order valence-corrected chi connectivity index (χ1v) is 30.3. The second kappa shape index (κ2) is 25.1. The van der Waals surface area contributed by atoms with Gasteiger partial charge in [-0.15, -0.1) is 0 Å². The van der Waals surface area contributed by atoms with Crippen molar-refractivity contribution < 1.29 is 55.9 Å². The van der Waals surface area contributed by atoms with E-state index in [1.165, 1.54) is 39.9 Å². The number of para-hydroxylation sites is 2. The molecule has 4 aliphatic rings. The Bertz CT molecular complexity index is 3410. The maximum absolute atomic E-state index is 14.2. The third kappa shape index (κ3) is 13.8. The fourth-order valence-electron chi connectivity index (χ4n) is 10.2. The minimum absolute atomic E-state index is 0.0491. The highest BCUT2D eigenvalue weighted by Crippen LogP contribution is 2.43. The zero-order chi connectivity index (χ0) is 57.6. The molecule has 0 saturated carbocycles. The zero-order valence-electron chi connectivity index (χ0n) is 45.9. The molecular formula is C59H65N7O12S3. The summed E-state index contributed by atoms with van der Waals surface area (Å²) in [5.41, 5.74) is 9.12. The number of likely N-dealkylation sites (N-methyl/N-ethyl adjacent to an activating group) is 1. The van der Waals surface area contributed by atoms with Crippen LogP contribution in [0.3, 0.4) is 0 Å². The molecule has 0 aliphatic carbocycles. The van der Waals surface area contributed by atoms with Gasteiger partial charge in [-0.1, -0.05) is 58.0 Å². The zero-order valence-corrected chi connectivity index (χ0v) is 48.3. The SMILES string of the molecule is COc1cc(C)c(N=CC2Cc3ccccc3N2C)cc1OCc1cc(COc2cc3c(cc2OC)C(=O)N2c4ccccc4C[C@H]2CN3)cc(NC(=O)CCC(C)(C)SSCCC(C(=O)NCCN2C(=O)C=CC2=O)S(=O)(=O)O)c1. The molecule has 4 heterocycles. The molecule has 0 bridgehead atoms. The fraction of sp³-hybridized carbons (Fsp3) is 0.356. The summed E-state index contributed by atoms with van der Waals surface area (Å²) in [4.78, 5) is 74.4. The number of aliphatic imine (C=N–C) groups is 1. The quantitative estimate of drug-likeness (QED) is 0.0149. The number of carbonyl (C=O) groups is 5. The van der Waals surface area contributed by atoms with E-state index >= 15 is 0 Å². The average molecular weight is 1160 g/mol. The minimum Gasteiger partial charge on any atom is -0.493 e. The van der Waals surface area contributed by atoms with Gasteiger partial charge in [0.2, 0.25) is 11.8 Å². The van der Waals surface area contributed by atoms with Crippen LogP contribution in [-0.2, 0) is 55.4 Å². The van der Waals surface area contributed by atoms with Gasteiger partial charge in [-0.05, 0) is 117 Å². The Kier molecular flexibility index (Phi) is 18.0. The Morgan fingerprint density at radius 3 is 2.17 bits per heavy atom. The number of hydrogen-bond acceptors (Lipinski definition) is 16. The summed E-state index contributed by atoms with van der Waals surface area (Å²) in [6, 6.07) is 29.1. The van der Waals surface area contributed by atoms with Crippen LogP contribution in [0.15, 0.2) is 108 Å². The number of imide groups is 1. The molecule has 0 spiro atoms. The number of methoxy groups -OCH3 is 2. The maximum Gasteiger partial charge on any atom is 0.276 e. The topological polar surface area (TPSA) is 235 Å². The molecule has 5 amide bonds. The van der Waals surface area contributed by atoms with Crippen LogP contribution in [0.25, 0.3) is 0 Å². The number of hydrogen-bond donors (Lipinski definition) is 4. The van der Waals surface area contributed by atoms with E-state index in [0.717, 1.165) is 52.4 Å². The molecule has 426 valence electrons. The molecule has 3 atom stereocenters. The van der Waals surface area contributed by atoms with Gasteiger partial charge in [-0.3, -0.25) is 38.4 Å². The Morgan fingerprint density at radius 1 is 0.864 bits per heavy atom. The van der Waals surface area contributed by atoms with E-state index in [1.54, 1.807) is 19.2 Å². The largest absolute Gasteiger partial charge is 0.493 e. The van der Waals surface area contributed by atoms with Gasteiger partial charge < -0.3 is 44.7 Å². The van der Waals surface area contributed by atoms with E-state index in [4.69, 9.17) is 23.9 Å². The van der Waals surface area contributed by atoms with Crippen LogP contribution in [0.2, 0.25) is 0 Å². The third-order valence-corrected chi connectivity index (χ3v) is 19.1. The van der Waals surface area contributed by atoms with Crippen molar-refractivity contribution in [3.05, 3.63) is 137 Å². The molecule has 0 aromatic heterocycles. The van der Waals surface area contributed by atoms with Crippen LogP contribution in [0.1, 0.15) is 71.3 Å². The summed E-state index contributed by atoms with van der Waals surface area (Å²) in [5, 5.41) is 7.18. The third-order valence-electron chi connectivity index (χ3n) is 14.5. The van der Waals surface area contributed by atoms with Crippen LogP contribution in [0.5, 0.6) is 23.0 Å². The molecule has 4 N–H and O–H groups in total. The fourth-order valence-corrected chi connectivity index (χ4v) is 13.8. The highest BCUT2D eigenvalue weighted by Gasteiger charge is 2.38. The molecule has 9 rings (SSSR count). The summed E-state index contributed by atoms with van der Waals surface area (Å²) in [7, 11) is 3.11. The van der Waals surface area contributed by atoms with Gasteiger partial charge in [0.15, 0.2) is 28.2 Å². The molecule has 0 saturated heterocycles. The summed E-state index contributed by atoms with van der Waals surface area (Å²) in [5.74, 6) is -0.463.